The largest absolute Gasteiger partial charge is 0.481 e. The minimum absolute atomic E-state index is 0.229. The molecule has 4 heteroatoms. The van der Waals surface area contributed by atoms with Crippen molar-refractivity contribution < 1.29 is 20.1 Å². The second-order valence-electron chi connectivity index (χ2n) is 1.77. The van der Waals surface area contributed by atoms with E-state index in [9.17, 15) is 4.79 Å². The van der Waals surface area contributed by atoms with E-state index in [4.69, 9.17) is 15.3 Å². The Morgan fingerprint density at radius 3 is 2.00 bits per heavy atom. The van der Waals surface area contributed by atoms with Gasteiger partial charge in [-0.2, -0.15) is 0 Å². The van der Waals surface area contributed by atoms with Gasteiger partial charge in [-0.05, 0) is 6.42 Å². The first-order chi connectivity index (χ1) is 4.09. The molecule has 9 heavy (non-hydrogen) atoms. The third-order valence-corrected chi connectivity index (χ3v) is 1.12. The first-order valence-corrected chi connectivity index (χ1v) is 2.68. The highest BCUT2D eigenvalue weighted by atomic mass is 16.5. The molecule has 0 spiro atoms. The second-order valence-corrected chi connectivity index (χ2v) is 1.77. The molecule has 0 amide bonds. The maximum absolute atomic E-state index is 10.1. The van der Waals surface area contributed by atoms with Crippen molar-refractivity contribution in [2.75, 3.05) is 0 Å². The number of carboxylic acids is 1. The molecule has 3 N–H and O–H groups in total. The molecule has 0 aliphatic heterocycles. The summed E-state index contributed by atoms with van der Waals surface area (Å²) in [7, 11) is 0. The third-order valence-electron chi connectivity index (χ3n) is 1.12. The average molecular weight is 134 g/mol. The Morgan fingerprint density at radius 1 is 1.56 bits per heavy atom. The molecule has 1 atom stereocenters. The standard InChI is InChI=1S/C5H10O4/c1-2-3(4(6)7)5(8)9/h3-4,6-7H,2H2,1H3,(H,8,9). The van der Waals surface area contributed by atoms with Crippen LogP contribution in [0.3, 0.4) is 0 Å². The lowest BCUT2D eigenvalue weighted by Crippen LogP contribution is -2.26. The molecule has 4 nitrogen and oxygen atoms in total. The third kappa shape index (κ3) is 2.43. The first kappa shape index (κ1) is 8.39. The fraction of sp³-hybridized carbons (Fsp3) is 0.800. The summed E-state index contributed by atoms with van der Waals surface area (Å²) in [6.07, 6.45) is -1.51. The van der Waals surface area contributed by atoms with Crippen LogP contribution in [0.2, 0.25) is 0 Å². The van der Waals surface area contributed by atoms with Crippen molar-refractivity contribution in [3.05, 3.63) is 0 Å². The molecule has 0 aromatic carbocycles. The van der Waals surface area contributed by atoms with E-state index in [0.717, 1.165) is 0 Å². The van der Waals surface area contributed by atoms with Gasteiger partial charge in [0.15, 0.2) is 6.29 Å². The fourth-order valence-electron chi connectivity index (χ4n) is 0.513. The van der Waals surface area contributed by atoms with Gasteiger partial charge in [-0.1, -0.05) is 6.92 Å². The molecule has 0 aromatic rings. The highest BCUT2D eigenvalue weighted by molar-refractivity contribution is 5.70. The van der Waals surface area contributed by atoms with E-state index in [0.29, 0.717) is 0 Å². The van der Waals surface area contributed by atoms with Gasteiger partial charge in [0, 0.05) is 0 Å². The summed E-state index contributed by atoms with van der Waals surface area (Å²) in [5, 5.41) is 24.9. The monoisotopic (exact) mass is 134 g/mol. The minimum atomic E-state index is -1.74. The van der Waals surface area contributed by atoms with E-state index >= 15 is 0 Å². The Kier molecular flexibility index (Phi) is 3.19. The van der Waals surface area contributed by atoms with Crippen LogP contribution in [0.1, 0.15) is 13.3 Å². The molecule has 0 aliphatic carbocycles. The first-order valence-electron chi connectivity index (χ1n) is 2.68. The lowest BCUT2D eigenvalue weighted by atomic mass is 10.1. The SMILES string of the molecule is CCC(C(=O)O)C(O)O. The Bertz CT molecular complexity index is 99.1. The maximum Gasteiger partial charge on any atom is 0.311 e. The van der Waals surface area contributed by atoms with Gasteiger partial charge < -0.3 is 15.3 Å². The number of aliphatic hydroxyl groups excluding tert-OH is 1. The van der Waals surface area contributed by atoms with Crippen LogP contribution in [0, 0.1) is 5.92 Å². The zero-order chi connectivity index (χ0) is 7.44. The van der Waals surface area contributed by atoms with Crippen LogP contribution in [-0.2, 0) is 4.79 Å². The van der Waals surface area contributed by atoms with E-state index in [-0.39, 0.29) is 6.42 Å². The van der Waals surface area contributed by atoms with Crippen molar-refractivity contribution in [2.45, 2.75) is 19.6 Å². The number of carbonyl (C=O) groups is 1. The van der Waals surface area contributed by atoms with Crippen LogP contribution in [0.5, 0.6) is 0 Å². The van der Waals surface area contributed by atoms with Crippen LogP contribution < -0.4 is 0 Å². The normalized spacial score (nSPS) is 13.8. The van der Waals surface area contributed by atoms with Gasteiger partial charge >= 0.3 is 5.97 Å². The summed E-state index contributed by atoms with van der Waals surface area (Å²) in [4.78, 5) is 10.1. The average Bonchev–Trinajstić information content (AvgIpc) is 1.64. The number of hydrogen-bond acceptors (Lipinski definition) is 3. The Balaban J connectivity index is 3.83. The summed E-state index contributed by atoms with van der Waals surface area (Å²) in [6.45, 7) is 1.58. The summed E-state index contributed by atoms with van der Waals surface area (Å²) in [5.74, 6) is -2.22. The van der Waals surface area contributed by atoms with Gasteiger partial charge in [-0.15, -0.1) is 0 Å². The van der Waals surface area contributed by atoms with Gasteiger partial charge in [0.2, 0.25) is 0 Å². The van der Waals surface area contributed by atoms with E-state index in [2.05, 4.69) is 0 Å². The fourth-order valence-corrected chi connectivity index (χ4v) is 0.513. The summed E-state index contributed by atoms with van der Waals surface area (Å²) >= 11 is 0. The quantitative estimate of drug-likeness (QED) is 0.451. The molecule has 0 bridgehead atoms. The molecule has 0 rings (SSSR count). The lowest BCUT2D eigenvalue weighted by Gasteiger charge is -2.10. The van der Waals surface area contributed by atoms with E-state index in [1.54, 1.807) is 6.92 Å². The maximum atomic E-state index is 10.1. The van der Waals surface area contributed by atoms with Crippen LogP contribution in [0.15, 0.2) is 0 Å². The summed E-state index contributed by atoms with van der Waals surface area (Å²) in [6, 6.07) is 0. The second kappa shape index (κ2) is 3.42. The van der Waals surface area contributed by atoms with E-state index in [1.165, 1.54) is 0 Å². The van der Waals surface area contributed by atoms with Crippen LogP contribution in [0.25, 0.3) is 0 Å². The van der Waals surface area contributed by atoms with Crippen molar-refractivity contribution >= 4 is 5.97 Å². The highest BCUT2D eigenvalue weighted by Crippen LogP contribution is 2.05. The number of carboxylic acid groups (broad SMARTS) is 1. The predicted octanol–water partition coefficient (Wildman–Crippen LogP) is -0.592. The summed E-state index contributed by atoms with van der Waals surface area (Å²) < 4.78 is 0. The Labute approximate surface area is 52.7 Å². The van der Waals surface area contributed by atoms with Gasteiger partial charge in [-0.25, -0.2) is 0 Å². The van der Waals surface area contributed by atoms with Crippen molar-refractivity contribution in [3.63, 3.8) is 0 Å². The van der Waals surface area contributed by atoms with Crippen LogP contribution in [-0.4, -0.2) is 27.6 Å². The van der Waals surface area contributed by atoms with Crippen LogP contribution in [0.4, 0.5) is 0 Å². The molecular formula is C5H10O4. The predicted molar refractivity (Wildman–Crippen MR) is 29.6 cm³/mol. The molecule has 0 fully saturated rings. The Hall–Kier alpha value is -0.610. The summed E-state index contributed by atoms with van der Waals surface area (Å²) in [5.41, 5.74) is 0. The van der Waals surface area contributed by atoms with E-state index < -0.39 is 18.2 Å². The van der Waals surface area contributed by atoms with E-state index in [1.807, 2.05) is 0 Å². The Morgan fingerprint density at radius 2 is 2.00 bits per heavy atom. The molecule has 0 radical (unpaired) electrons. The molecule has 0 saturated heterocycles. The number of rotatable bonds is 3. The lowest BCUT2D eigenvalue weighted by molar-refractivity contribution is -0.158. The van der Waals surface area contributed by atoms with Gasteiger partial charge in [0.25, 0.3) is 0 Å². The zero-order valence-corrected chi connectivity index (χ0v) is 5.11. The smallest absolute Gasteiger partial charge is 0.311 e. The van der Waals surface area contributed by atoms with Gasteiger partial charge in [0.1, 0.15) is 5.92 Å². The number of aliphatic carboxylic acids is 1. The van der Waals surface area contributed by atoms with Gasteiger partial charge in [-0.3, -0.25) is 4.79 Å². The highest BCUT2D eigenvalue weighted by Gasteiger charge is 2.21. The van der Waals surface area contributed by atoms with Crippen molar-refractivity contribution in [3.8, 4) is 0 Å². The molecular weight excluding hydrogens is 124 g/mol. The van der Waals surface area contributed by atoms with Crippen molar-refractivity contribution in [1.29, 1.82) is 0 Å². The number of aliphatic hydroxyl groups is 2. The molecule has 0 saturated carbocycles. The minimum Gasteiger partial charge on any atom is -0.481 e. The van der Waals surface area contributed by atoms with Crippen molar-refractivity contribution in [2.24, 2.45) is 5.92 Å². The molecule has 0 aliphatic rings. The molecule has 54 valence electrons. The molecule has 0 aromatic heterocycles. The topological polar surface area (TPSA) is 77.8 Å². The number of hydrogen-bond donors (Lipinski definition) is 3. The van der Waals surface area contributed by atoms with Gasteiger partial charge in [0.05, 0.1) is 0 Å². The van der Waals surface area contributed by atoms with Crippen LogP contribution >= 0.6 is 0 Å². The van der Waals surface area contributed by atoms with Crippen molar-refractivity contribution in [1.82, 2.24) is 0 Å². The zero-order valence-electron chi connectivity index (χ0n) is 5.11. The molecule has 1 unspecified atom stereocenters. The molecule has 0 heterocycles.